The average molecular weight is 273 g/mol. The lowest BCUT2D eigenvalue weighted by atomic mass is 10.2. The Bertz CT molecular complexity index is 472. The topological polar surface area (TPSA) is 49.4 Å². The molecule has 0 aromatic carbocycles. The summed E-state index contributed by atoms with van der Waals surface area (Å²) in [5.41, 5.74) is 0.897. The largest absolute Gasteiger partial charge is 0.353 e. The van der Waals surface area contributed by atoms with Crippen LogP contribution in [0.15, 0.2) is 5.38 Å². The van der Waals surface area contributed by atoms with Crippen LogP contribution in [0.1, 0.15) is 22.2 Å². The Labute approximate surface area is 109 Å². The number of thiophene rings is 1. The summed E-state index contributed by atoms with van der Waals surface area (Å²) in [5, 5.41) is 5.08. The van der Waals surface area contributed by atoms with Gasteiger partial charge in [-0.2, -0.15) is 0 Å². The molecule has 92 valence electrons. The highest BCUT2D eigenvalue weighted by Crippen LogP contribution is 2.29. The van der Waals surface area contributed by atoms with Crippen molar-refractivity contribution in [2.75, 3.05) is 13.1 Å². The molecule has 1 saturated heterocycles. The first-order chi connectivity index (χ1) is 8.02. The normalized spacial score (nSPS) is 20.3. The standard InChI is InChI=1S/C11H13ClN2O2S/c1-6-5-17-9(8(6)12)11(16)14-4-3-13-10(15)7(14)2/h5,7H,3-4H2,1-2H3,(H,13,15). The van der Waals surface area contributed by atoms with Crippen LogP contribution in [-0.4, -0.2) is 35.8 Å². The van der Waals surface area contributed by atoms with Gasteiger partial charge in [-0.05, 0) is 24.8 Å². The fourth-order valence-electron chi connectivity index (χ4n) is 1.76. The zero-order valence-corrected chi connectivity index (χ0v) is 11.2. The van der Waals surface area contributed by atoms with E-state index in [9.17, 15) is 9.59 Å². The summed E-state index contributed by atoms with van der Waals surface area (Å²) >= 11 is 7.40. The zero-order chi connectivity index (χ0) is 12.6. The van der Waals surface area contributed by atoms with E-state index in [1.807, 2.05) is 12.3 Å². The molecule has 2 amide bonds. The molecule has 0 aliphatic carbocycles. The summed E-state index contributed by atoms with van der Waals surface area (Å²) in [7, 11) is 0. The molecule has 1 atom stereocenters. The van der Waals surface area contributed by atoms with E-state index in [0.29, 0.717) is 23.0 Å². The highest BCUT2D eigenvalue weighted by Gasteiger charge is 2.31. The second kappa shape index (κ2) is 4.66. The monoisotopic (exact) mass is 272 g/mol. The first-order valence-electron chi connectivity index (χ1n) is 5.34. The summed E-state index contributed by atoms with van der Waals surface area (Å²) in [4.78, 5) is 25.8. The van der Waals surface area contributed by atoms with Crippen molar-refractivity contribution in [2.24, 2.45) is 0 Å². The Balaban J connectivity index is 2.25. The number of halogens is 1. The molecule has 4 nitrogen and oxygen atoms in total. The Hall–Kier alpha value is -1.07. The third-order valence-electron chi connectivity index (χ3n) is 2.85. The van der Waals surface area contributed by atoms with E-state index in [0.717, 1.165) is 5.56 Å². The molecule has 6 heteroatoms. The van der Waals surface area contributed by atoms with E-state index in [1.165, 1.54) is 11.3 Å². The van der Waals surface area contributed by atoms with Crippen LogP contribution in [0.4, 0.5) is 0 Å². The van der Waals surface area contributed by atoms with Gasteiger partial charge in [-0.3, -0.25) is 9.59 Å². The molecule has 0 bridgehead atoms. The van der Waals surface area contributed by atoms with E-state index >= 15 is 0 Å². The molecule has 1 N–H and O–H groups in total. The van der Waals surface area contributed by atoms with Gasteiger partial charge in [-0.15, -0.1) is 11.3 Å². The van der Waals surface area contributed by atoms with Gasteiger partial charge in [-0.1, -0.05) is 11.6 Å². The molecule has 0 spiro atoms. The maximum Gasteiger partial charge on any atom is 0.266 e. The molecule has 2 rings (SSSR count). The van der Waals surface area contributed by atoms with Crippen LogP contribution >= 0.6 is 22.9 Å². The molecule has 1 unspecified atom stereocenters. The third-order valence-corrected chi connectivity index (χ3v) is 4.54. The first kappa shape index (κ1) is 12.4. The van der Waals surface area contributed by atoms with Gasteiger partial charge in [0.05, 0.1) is 5.02 Å². The number of aryl methyl sites for hydroxylation is 1. The van der Waals surface area contributed by atoms with E-state index in [1.54, 1.807) is 11.8 Å². The molecule has 17 heavy (non-hydrogen) atoms. The molecule has 0 saturated carbocycles. The van der Waals surface area contributed by atoms with Crippen molar-refractivity contribution in [1.29, 1.82) is 0 Å². The van der Waals surface area contributed by atoms with Crippen molar-refractivity contribution in [3.8, 4) is 0 Å². The van der Waals surface area contributed by atoms with Gasteiger partial charge in [0.1, 0.15) is 10.9 Å². The lowest BCUT2D eigenvalue weighted by molar-refractivity contribution is -0.127. The van der Waals surface area contributed by atoms with Crippen molar-refractivity contribution in [3.63, 3.8) is 0 Å². The highest BCUT2D eigenvalue weighted by atomic mass is 35.5. The molecule has 1 aliphatic rings. The van der Waals surface area contributed by atoms with Crippen LogP contribution in [0, 0.1) is 6.92 Å². The second-order valence-electron chi connectivity index (χ2n) is 4.03. The predicted molar refractivity (Wildman–Crippen MR) is 67.6 cm³/mol. The van der Waals surface area contributed by atoms with Crippen LogP contribution in [0.25, 0.3) is 0 Å². The number of nitrogens with zero attached hydrogens (tertiary/aromatic N) is 1. The summed E-state index contributed by atoms with van der Waals surface area (Å²) < 4.78 is 0. The molecule has 1 aromatic heterocycles. The maximum absolute atomic E-state index is 12.3. The lowest BCUT2D eigenvalue weighted by Gasteiger charge is -2.32. The number of piperazine rings is 1. The lowest BCUT2D eigenvalue weighted by Crippen LogP contribution is -2.55. The van der Waals surface area contributed by atoms with Gasteiger partial charge in [0.25, 0.3) is 5.91 Å². The summed E-state index contributed by atoms with van der Waals surface area (Å²) in [6.07, 6.45) is 0. The minimum absolute atomic E-state index is 0.117. The second-order valence-corrected chi connectivity index (χ2v) is 5.28. The molecular weight excluding hydrogens is 260 g/mol. The van der Waals surface area contributed by atoms with E-state index in [4.69, 9.17) is 11.6 Å². The summed E-state index contributed by atoms with van der Waals surface area (Å²) in [6.45, 7) is 4.61. The van der Waals surface area contributed by atoms with Crippen LogP contribution in [0.5, 0.6) is 0 Å². The van der Waals surface area contributed by atoms with Crippen molar-refractivity contribution in [3.05, 3.63) is 20.8 Å². The zero-order valence-electron chi connectivity index (χ0n) is 9.62. The number of rotatable bonds is 1. The summed E-state index contributed by atoms with van der Waals surface area (Å²) in [5.74, 6) is -0.274. The highest BCUT2D eigenvalue weighted by molar-refractivity contribution is 7.13. The summed E-state index contributed by atoms with van der Waals surface area (Å²) in [6, 6.07) is -0.435. The van der Waals surface area contributed by atoms with Gasteiger partial charge in [0.2, 0.25) is 5.91 Å². The van der Waals surface area contributed by atoms with E-state index in [2.05, 4.69) is 5.32 Å². The number of amides is 2. The number of hydrogen-bond acceptors (Lipinski definition) is 3. The smallest absolute Gasteiger partial charge is 0.266 e. The van der Waals surface area contributed by atoms with Crippen molar-refractivity contribution < 1.29 is 9.59 Å². The molecule has 1 aromatic rings. The number of carbonyl (C=O) groups is 2. The predicted octanol–water partition coefficient (Wildman–Crippen LogP) is 1.67. The number of hydrogen-bond donors (Lipinski definition) is 1. The van der Waals surface area contributed by atoms with Crippen LogP contribution in [-0.2, 0) is 4.79 Å². The molecule has 2 heterocycles. The van der Waals surface area contributed by atoms with E-state index < -0.39 is 6.04 Å². The van der Waals surface area contributed by atoms with Crippen LogP contribution < -0.4 is 5.32 Å². The third kappa shape index (κ3) is 2.17. The average Bonchev–Trinajstić information content (AvgIpc) is 2.63. The van der Waals surface area contributed by atoms with E-state index in [-0.39, 0.29) is 11.8 Å². The molecule has 1 aliphatic heterocycles. The Morgan fingerprint density at radius 2 is 2.35 bits per heavy atom. The minimum atomic E-state index is -0.435. The molecular formula is C11H13ClN2O2S. The van der Waals surface area contributed by atoms with Gasteiger partial charge >= 0.3 is 0 Å². The quantitative estimate of drug-likeness (QED) is 0.845. The minimum Gasteiger partial charge on any atom is -0.353 e. The molecule has 0 radical (unpaired) electrons. The van der Waals surface area contributed by atoms with Crippen molar-refractivity contribution in [1.82, 2.24) is 10.2 Å². The van der Waals surface area contributed by atoms with Gasteiger partial charge in [-0.25, -0.2) is 0 Å². The molecule has 1 fully saturated rings. The number of nitrogens with one attached hydrogen (secondary N) is 1. The van der Waals surface area contributed by atoms with Gasteiger partial charge in [0.15, 0.2) is 0 Å². The van der Waals surface area contributed by atoms with Gasteiger partial charge in [0, 0.05) is 13.1 Å². The fourth-order valence-corrected chi connectivity index (χ4v) is 2.99. The van der Waals surface area contributed by atoms with Crippen LogP contribution in [0.3, 0.4) is 0 Å². The van der Waals surface area contributed by atoms with Crippen LogP contribution in [0.2, 0.25) is 5.02 Å². The Kier molecular flexibility index (Phi) is 3.40. The Morgan fingerprint density at radius 3 is 2.94 bits per heavy atom. The fraction of sp³-hybridized carbons (Fsp3) is 0.455. The maximum atomic E-state index is 12.3. The van der Waals surface area contributed by atoms with Gasteiger partial charge < -0.3 is 10.2 Å². The van der Waals surface area contributed by atoms with Crippen molar-refractivity contribution >= 4 is 34.8 Å². The first-order valence-corrected chi connectivity index (χ1v) is 6.60. The SMILES string of the molecule is Cc1csc(C(=O)N2CCNC(=O)C2C)c1Cl. The number of carbonyl (C=O) groups excluding carboxylic acids is 2. The van der Waals surface area contributed by atoms with Crippen molar-refractivity contribution in [2.45, 2.75) is 19.9 Å². The Morgan fingerprint density at radius 1 is 1.65 bits per heavy atom.